The number of rotatable bonds is 3. The zero-order valence-corrected chi connectivity index (χ0v) is 14.0. The van der Waals surface area contributed by atoms with E-state index in [-0.39, 0.29) is 23.8 Å². The highest BCUT2D eigenvalue weighted by molar-refractivity contribution is 6.22. The van der Waals surface area contributed by atoms with Crippen molar-refractivity contribution < 1.29 is 14.4 Å². The first-order valence-corrected chi connectivity index (χ1v) is 8.59. The molecule has 1 saturated carbocycles. The highest BCUT2D eigenvalue weighted by Crippen LogP contribution is 2.32. The summed E-state index contributed by atoms with van der Waals surface area (Å²) >= 11 is 0. The first-order chi connectivity index (χ1) is 12.6. The lowest BCUT2D eigenvalue weighted by Crippen LogP contribution is -2.40. The summed E-state index contributed by atoms with van der Waals surface area (Å²) in [5.41, 5.74) is 1.15. The van der Waals surface area contributed by atoms with E-state index in [1.807, 2.05) is 0 Å². The number of amides is 4. The Kier molecular flexibility index (Phi) is 4.11. The minimum absolute atomic E-state index is 0.0256. The molecule has 3 N–H and O–H groups in total. The van der Waals surface area contributed by atoms with Gasteiger partial charge in [0.2, 0.25) is 5.95 Å². The SMILES string of the molecule is O=C(Nc1ccc2c(c1)C(=O)N(C1CCCCC1)C2=O)Nc1ncn[nH]1. The Bertz CT molecular complexity index is 857. The molecular formula is C17H18N6O3. The molecule has 2 heterocycles. The Morgan fingerprint density at radius 1 is 1.08 bits per heavy atom. The monoisotopic (exact) mass is 354 g/mol. The van der Waals surface area contributed by atoms with Crippen LogP contribution in [-0.2, 0) is 0 Å². The van der Waals surface area contributed by atoms with Crippen molar-refractivity contribution in [1.29, 1.82) is 0 Å². The number of aromatic nitrogens is 3. The maximum Gasteiger partial charge on any atom is 0.326 e. The Hall–Kier alpha value is -3.23. The number of urea groups is 1. The normalized spacial score (nSPS) is 17.3. The van der Waals surface area contributed by atoms with Gasteiger partial charge in [-0.25, -0.2) is 9.89 Å². The molecule has 0 bridgehead atoms. The largest absolute Gasteiger partial charge is 0.326 e. The van der Waals surface area contributed by atoms with Crippen molar-refractivity contribution in [2.45, 2.75) is 38.1 Å². The summed E-state index contributed by atoms with van der Waals surface area (Å²) in [5.74, 6) is -0.316. The van der Waals surface area contributed by atoms with Gasteiger partial charge in [-0.3, -0.25) is 19.8 Å². The third-order valence-corrected chi connectivity index (χ3v) is 4.76. The first-order valence-electron chi connectivity index (χ1n) is 8.59. The number of H-pyrrole nitrogens is 1. The first kappa shape index (κ1) is 16.2. The minimum atomic E-state index is -0.525. The third-order valence-electron chi connectivity index (χ3n) is 4.76. The van der Waals surface area contributed by atoms with Crippen molar-refractivity contribution in [2.75, 3.05) is 10.6 Å². The fraction of sp³-hybridized carbons (Fsp3) is 0.353. The lowest BCUT2D eigenvalue weighted by molar-refractivity contribution is 0.0549. The third kappa shape index (κ3) is 2.92. The van der Waals surface area contributed by atoms with E-state index in [0.29, 0.717) is 16.8 Å². The molecule has 134 valence electrons. The van der Waals surface area contributed by atoms with Gasteiger partial charge in [-0.15, -0.1) is 0 Å². The van der Waals surface area contributed by atoms with E-state index >= 15 is 0 Å². The van der Waals surface area contributed by atoms with Crippen LogP contribution in [0.1, 0.15) is 52.8 Å². The van der Waals surface area contributed by atoms with Crippen LogP contribution in [0.3, 0.4) is 0 Å². The molecular weight excluding hydrogens is 336 g/mol. The summed E-state index contributed by atoms with van der Waals surface area (Å²) in [6.45, 7) is 0. The van der Waals surface area contributed by atoms with Crippen LogP contribution in [0.4, 0.5) is 16.4 Å². The van der Waals surface area contributed by atoms with Gasteiger partial charge in [-0.2, -0.15) is 10.1 Å². The van der Waals surface area contributed by atoms with Gasteiger partial charge in [-0.1, -0.05) is 19.3 Å². The van der Waals surface area contributed by atoms with Crippen molar-refractivity contribution in [3.63, 3.8) is 0 Å². The number of imide groups is 1. The molecule has 1 aromatic heterocycles. The molecule has 1 aliphatic carbocycles. The molecule has 0 saturated heterocycles. The molecule has 9 nitrogen and oxygen atoms in total. The Morgan fingerprint density at radius 3 is 2.58 bits per heavy atom. The molecule has 0 spiro atoms. The Labute approximate surface area is 149 Å². The summed E-state index contributed by atoms with van der Waals surface area (Å²) in [6.07, 6.45) is 6.20. The van der Waals surface area contributed by atoms with E-state index in [0.717, 1.165) is 32.1 Å². The number of nitrogens with zero attached hydrogens (tertiary/aromatic N) is 3. The van der Waals surface area contributed by atoms with Gasteiger partial charge >= 0.3 is 6.03 Å². The number of hydrogen-bond acceptors (Lipinski definition) is 5. The van der Waals surface area contributed by atoms with Gasteiger partial charge in [0.05, 0.1) is 11.1 Å². The van der Waals surface area contributed by atoms with Crippen LogP contribution in [0.5, 0.6) is 0 Å². The predicted octanol–water partition coefficient (Wildman–Crippen LogP) is 2.38. The van der Waals surface area contributed by atoms with Crippen molar-refractivity contribution in [3.05, 3.63) is 35.7 Å². The maximum atomic E-state index is 12.8. The number of carbonyl (C=O) groups is 3. The zero-order valence-electron chi connectivity index (χ0n) is 14.0. The molecule has 4 rings (SSSR count). The number of benzene rings is 1. The maximum absolute atomic E-state index is 12.8. The van der Waals surface area contributed by atoms with Crippen molar-refractivity contribution in [1.82, 2.24) is 20.1 Å². The summed E-state index contributed by atoms with van der Waals surface area (Å²) < 4.78 is 0. The average Bonchev–Trinajstić information content (AvgIpc) is 3.23. The lowest BCUT2D eigenvalue weighted by Gasteiger charge is -2.29. The van der Waals surface area contributed by atoms with E-state index in [9.17, 15) is 14.4 Å². The summed E-state index contributed by atoms with van der Waals surface area (Å²) in [7, 11) is 0. The molecule has 9 heteroatoms. The minimum Gasteiger partial charge on any atom is -0.308 e. The van der Waals surface area contributed by atoms with Gasteiger partial charge in [0.15, 0.2) is 0 Å². The van der Waals surface area contributed by atoms with Gasteiger partial charge in [0, 0.05) is 11.7 Å². The molecule has 1 fully saturated rings. The van der Waals surface area contributed by atoms with E-state index in [2.05, 4.69) is 25.8 Å². The summed E-state index contributed by atoms with van der Waals surface area (Å²) in [5, 5.41) is 11.2. The molecule has 0 atom stereocenters. The molecule has 2 aliphatic rings. The molecule has 1 aromatic carbocycles. The smallest absolute Gasteiger partial charge is 0.308 e. The van der Waals surface area contributed by atoms with Crippen molar-refractivity contribution in [2.24, 2.45) is 0 Å². The van der Waals surface area contributed by atoms with E-state index in [1.54, 1.807) is 18.2 Å². The molecule has 4 amide bonds. The number of aromatic amines is 1. The van der Waals surface area contributed by atoms with Gasteiger partial charge < -0.3 is 5.32 Å². The van der Waals surface area contributed by atoms with Gasteiger partial charge in [0.1, 0.15) is 6.33 Å². The van der Waals surface area contributed by atoms with Crippen LogP contribution < -0.4 is 10.6 Å². The van der Waals surface area contributed by atoms with Gasteiger partial charge in [0.25, 0.3) is 11.8 Å². The van der Waals surface area contributed by atoms with Crippen LogP contribution in [0.25, 0.3) is 0 Å². The number of carbonyl (C=O) groups excluding carboxylic acids is 3. The molecule has 26 heavy (non-hydrogen) atoms. The highest BCUT2D eigenvalue weighted by atomic mass is 16.2. The quantitative estimate of drug-likeness (QED) is 0.731. The van der Waals surface area contributed by atoms with Crippen LogP contribution >= 0.6 is 0 Å². The lowest BCUT2D eigenvalue weighted by atomic mass is 9.94. The standard InChI is InChI=1S/C17H18N6O3/c24-14-12-7-6-10(20-17(26)21-16-18-9-19-22-16)8-13(12)15(25)23(14)11-4-2-1-3-5-11/h6-9,11H,1-5H2,(H3,18,19,20,21,22,26). The molecule has 0 unspecified atom stereocenters. The fourth-order valence-corrected chi connectivity index (χ4v) is 3.54. The topological polar surface area (TPSA) is 120 Å². The number of hydrogen-bond donors (Lipinski definition) is 3. The highest BCUT2D eigenvalue weighted by Gasteiger charge is 2.40. The average molecular weight is 354 g/mol. The van der Waals surface area contributed by atoms with Crippen LogP contribution in [0.2, 0.25) is 0 Å². The van der Waals surface area contributed by atoms with E-state index in [4.69, 9.17) is 0 Å². The van der Waals surface area contributed by atoms with Crippen molar-refractivity contribution in [3.8, 4) is 0 Å². The molecule has 2 aromatic rings. The summed E-state index contributed by atoms with van der Waals surface area (Å²) in [6, 6.07) is 4.18. The molecule has 1 aliphatic heterocycles. The predicted molar refractivity (Wildman–Crippen MR) is 92.8 cm³/mol. The zero-order chi connectivity index (χ0) is 18.1. The van der Waals surface area contributed by atoms with E-state index in [1.165, 1.54) is 11.2 Å². The number of fused-ring (bicyclic) bond motifs is 1. The number of nitrogens with one attached hydrogen (secondary N) is 3. The second-order valence-corrected chi connectivity index (χ2v) is 6.45. The van der Waals surface area contributed by atoms with Gasteiger partial charge in [-0.05, 0) is 31.0 Å². The Morgan fingerprint density at radius 2 is 1.85 bits per heavy atom. The second kappa shape index (κ2) is 6.58. The fourth-order valence-electron chi connectivity index (χ4n) is 3.54. The molecule has 0 radical (unpaired) electrons. The van der Waals surface area contributed by atoms with Crippen LogP contribution in [0, 0.1) is 0 Å². The summed E-state index contributed by atoms with van der Waals surface area (Å²) in [4.78, 5) is 42.5. The second-order valence-electron chi connectivity index (χ2n) is 6.45. The number of anilines is 2. The van der Waals surface area contributed by atoms with Crippen LogP contribution in [0.15, 0.2) is 24.5 Å². The Balaban J connectivity index is 1.51. The van der Waals surface area contributed by atoms with Crippen molar-refractivity contribution >= 4 is 29.5 Å². The van der Waals surface area contributed by atoms with Crippen LogP contribution in [-0.4, -0.2) is 44.0 Å². The van der Waals surface area contributed by atoms with E-state index < -0.39 is 6.03 Å².